The average molecular weight is 237 g/mol. The molecule has 0 radical (unpaired) electrons. The first-order valence-corrected chi connectivity index (χ1v) is 7.19. The van der Waals surface area contributed by atoms with Crippen molar-refractivity contribution in [2.24, 2.45) is 22.6 Å². The summed E-state index contributed by atoms with van der Waals surface area (Å²) in [5, 5.41) is 0. The third-order valence-electron chi connectivity index (χ3n) is 4.61. The second kappa shape index (κ2) is 4.87. The van der Waals surface area contributed by atoms with Crippen molar-refractivity contribution in [3.8, 4) is 0 Å². The molecule has 0 aromatic heterocycles. The normalized spacial score (nSPS) is 30.5. The van der Waals surface area contributed by atoms with Crippen molar-refractivity contribution in [1.82, 2.24) is 4.90 Å². The van der Waals surface area contributed by atoms with Crippen molar-refractivity contribution < 1.29 is 0 Å². The van der Waals surface area contributed by atoms with Crippen molar-refractivity contribution in [1.29, 1.82) is 0 Å². The molecule has 1 heterocycles. The molecule has 2 rings (SSSR count). The van der Waals surface area contributed by atoms with Crippen LogP contribution in [0.1, 0.15) is 52.9 Å². The highest BCUT2D eigenvalue weighted by atomic mass is 15.4. The summed E-state index contributed by atoms with van der Waals surface area (Å²) >= 11 is 0. The molecule has 1 aliphatic heterocycles. The summed E-state index contributed by atoms with van der Waals surface area (Å²) in [5.41, 5.74) is 6.32. The molecule has 0 bridgehead atoms. The molecule has 2 atom stereocenters. The lowest BCUT2D eigenvalue weighted by Crippen LogP contribution is -2.52. The van der Waals surface area contributed by atoms with Gasteiger partial charge < -0.3 is 10.6 Å². The number of aliphatic imine (C=N–C) groups is 1. The van der Waals surface area contributed by atoms with Crippen LogP contribution in [0.25, 0.3) is 0 Å². The maximum atomic E-state index is 6.10. The number of nitrogens with zero attached hydrogens (tertiary/aromatic N) is 2. The highest BCUT2D eigenvalue weighted by molar-refractivity contribution is 5.81. The average Bonchev–Trinajstić information content (AvgIpc) is 3.10. The molecule has 0 spiro atoms. The number of rotatable bonds is 6. The largest absolute Gasteiger partial charge is 0.370 e. The zero-order valence-corrected chi connectivity index (χ0v) is 11.6. The van der Waals surface area contributed by atoms with E-state index in [0.29, 0.717) is 0 Å². The Labute approximate surface area is 105 Å². The van der Waals surface area contributed by atoms with Gasteiger partial charge in [0.15, 0.2) is 5.96 Å². The van der Waals surface area contributed by atoms with Crippen LogP contribution in [0.2, 0.25) is 0 Å². The van der Waals surface area contributed by atoms with Crippen LogP contribution < -0.4 is 5.73 Å². The lowest BCUT2D eigenvalue weighted by Gasteiger charge is -2.40. The van der Waals surface area contributed by atoms with Crippen LogP contribution in [0.15, 0.2) is 4.99 Å². The highest BCUT2D eigenvalue weighted by Crippen LogP contribution is 2.38. The first-order valence-electron chi connectivity index (χ1n) is 7.19. The second-order valence-electron chi connectivity index (χ2n) is 6.02. The van der Waals surface area contributed by atoms with E-state index in [1.165, 1.54) is 25.7 Å². The van der Waals surface area contributed by atoms with Crippen LogP contribution in [-0.4, -0.2) is 29.5 Å². The fourth-order valence-corrected chi connectivity index (χ4v) is 2.90. The van der Waals surface area contributed by atoms with Crippen molar-refractivity contribution in [3.05, 3.63) is 0 Å². The molecule has 0 aromatic rings. The lowest BCUT2D eigenvalue weighted by molar-refractivity contribution is 0.149. The predicted octanol–water partition coefficient (Wildman–Crippen LogP) is 2.61. The van der Waals surface area contributed by atoms with Crippen LogP contribution >= 0.6 is 0 Å². The van der Waals surface area contributed by atoms with E-state index >= 15 is 0 Å². The Hall–Kier alpha value is -0.730. The Morgan fingerprint density at radius 1 is 1.47 bits per heavy atom. The van der Waals surface area contributed by atoms with Gasteiger partial charge in [-0.15, -0.1) is 0 Å². The molecule has 98 valence electrons. The van der Waals surface area contributed by atoms with Gasteiger partial charge in [0.05, 0.1) is 12.1 Å². The lowest BCUT2D eigenvalue weighted by atomic mass is 9.83. The molecule has 1 aliphatic carbocycles. The zero-order chi connectivity index (χ0) is 12.5. The van der Waals surface area contributed by atoms with Gasteiger partial charge in [-0.1, -0.05) is 27.2 Å². The summed E-state index contributed by atoms with van der Waals surface area (Å²) in [4.78, 5) is 6.96. The summed E-state index contributed by atoms with van der Waals surface area (Å²) in [7, 11) is 0. The predicted molar refractivity (Wildman–Crippen MR) is 73.0 cm³/mol. The van der Waals surface area contributed by atoms with E-state index in [1.807, 2.05) is 0 Å². The van der Waals surface area contributed by atoms with E-state index in [1.54, 1.807) is 0 Å². The smallest absolute Gasteiger partial charge is 0.191 e. The third kappa shape index (κ3) is 2.58. The minimum absolute atomic E-state index is 0.224. The van der Waals surface area contributed by atoms with Gasteiger partial charge in [0.2, 0.25) is 0 Å². The van der Waals surface area contributed by atoms with E-state index in [0.717, 1.165) is 37.3 Å². The van der Waals surface area contributed by atoms with Crippen molar-refractivity contribution >= 4 is 5.96 Å². The van der Waals surface area contributed by atoms with E-state index < -0.39 is 0 Å². The molecule has 0 amide bonds. The molecule has 3 nitrogen and oxygen atoms in total. The van der Waals surface area contributed by atoms with Gasteiger partial charge in [0.25, 0.3) is 0 Å². The van der Waals surface area contributed by atoms with Gasteiger partial charge in [0.1, 0.15) is 0 Å². The summed E-state index contributed by atoms with van der Waals surface area (Å²) in [6, 6.07) is 0. The molecule has 3 heteroatoms. The number of hydrogen-bond acceptors (Lipinski definition) is 3. The fraction of sp³-hybridized carbons (Fsp3) is 0.929. The van der Waals surface area contributed by atoms with Gasteiger partial charge in [-0.05, 0) is 37.5 Å². The zero-order valence-electron chi connectivity index (χ0n) is 11.6. The third-order valence-corrected chi connectivity index (χ3v) is 4.61. The van der Waals surface area contributed by atoms with Crippen LogP contribution in [0.5, 0.6) is 0 Å². The Bertz CT molecular complexity index is 296. The molecule has 1 saturated carbocycles. The monoisotopic (exact) mass is 237 g/mol. The Kier molecular flexibility index (Phi) is 3.64. The Morgan fingerprint density at radius 2 is 2.18 bits per heavy atom. The van der Waals surface area contributed by atoms with Crippen LogP contribution in [0.3, 0.4) is 0 Å². The summed E-state index contributed by atoms with van der Waals surface area (Å²) in [6.07, 6.45) is 6.41. The van der Waals surface area contributed by atoms with E-state index in [2.05, 4.69) is 30.7 Å². The number of hydrogen-bond donors (Lipinski definition) is 1. The minimum atomic E-state index is 0.224. The van der Waals surface area contributed by atoms with Gasteiger partial charge in [-0.3, -0.25) is 4.99 Å². The van der Waals surface area contributed by atoms with E-state index in [4.69, 9.17) is 5.73 Å². The van der Waals surface area contributed by atoms with Crippen LogP contribution in [0.4, 0.5) is 0 Å². The quantitative estimate of drug-likeness (QED) is 0.771. The number of guanidine groups is 1. The van der Waals surface area contributed by atoms with Crippen LogP contribution in [0, 0.1) is 11.8 Å². The Morgan fingerprint density at radius 3 is 2.71 bits per heavy atom. The molecule has 2 N–H and O–H groups in total. The SMILES string of the molecule is CCC(C)CC1(CC)CN=C(N)N1CC1CC1. The first kappa shape index (κ1) is 12.7. The fourth-order valence-electron chi connectivity index (χ4n) is 2.90. The minimum Gasteiger partial charge on any atom is -0.370 e. The molecule has 2 unspecified atom stereocenters. The summed E-state index contributed by atoms with van der Waals surface area (Å²) in [6.45, 7) is 8.96. The molecule has 0 saturated heterocycles. The Balaban J connectivity index is 2.08. The van der Waals surface area contributed by atoms with Gasteiger partial charge in [-0.2, -0.15) is 0 Å². The molecule has 0 aromatic carbocycles. The van der Waals surface area contributed by atoms with Crippen LogP contribution in [-0.2, 0) is 0 Å². The van der Waals surface area contributed by atoms with Crippen molar-refractivity contribution in [3.63, 3.8) is 0 Å². The standard InChI is InChI=1S/C14H27N3/c1-4-11(3)8-14(5-2)10-16-13(15)17(14)9-12-6-7-12/h11-12H,4-10H2,1-3H3,(H2,15,16). The summed E-state index contributed by atoms with van der Waals surface area (Å²) in [5.74, 6) is 2.43. The molecule has 1 fully saturated rings. The molecule has 2 aliphatic rings. The number of nitrogens with two attached hydrogens (primary N) is 1. The van der Waals surface area contributed by atoms with Gasteiger partial charge in [0, 0.05) is 6.54 Å². The van der Waals surface area contributed by atoms with E-state index in [-0.39, 0.29) is 5.54 Å². The molecular weight excluding hydrogens is 210 g/mol. The van der Waals surface area contributed by atoms with Crippen molar-refractivity contribution in [2.75, 3.05) is 13.1 Å². The topological polar surface area (TPSA) is 41.6 Å². The molecular formula is C14H27N3. The van der Waals surface area contributed by atoms with Crippen molar-refractivity contribution in [2.45, 2.75) is 58.4 Å². The van der Waals surface area contributed by atoms with Gasteiger partial charge in [-0.25, -0.2) is 0 Å². The maximum Gasteiger partial charge on any atom is 0.191 e. The van der Waals surface area contributed by atoms with E-state index in [9.17, 15) is 0 Å². The molecule has 17 heavy (non-hydrogen) atoms. The first-order chi connectivity index (χ1) is 8.11. The second-order valence-corrected chi connectivity index (χ2v) is 6.02. The highest BCUT2D eigenvalue weighted by Gasteiger charge is 2.43. The summed E-state index contributed by atoms with van der Waals surface area (Å²) < 4.78 is 0. The van der Waals surface area contributed by atoms with Gasteiger partial charge >= 0.3 is 0 Å². The maximum absolute atomic E-state index is 6.10.